The van der Waals surface area contributed by atoms with Crippen LogP contribution in [-0.4, -0.2) is 32.1 Å². The lowest BCUT2D eigenvalue weighted by Gasteiger charge is -1.97. The Balaban J connectivity index is 0. The van der Waals surface area contributed by atoms with Gasteiger partial charge in [0.1, 0.15) is 12.4 Å². The van der Waals surface area contributed by atoms with E-state index in [0.717, 1.165) is 12.8 Å². The Bertz CT molecular complexity index is 158. The fourth-order valence-corrected chi connectivity index (χ4v) is 0.893. The van der Waals surface area contributed by atoms with E-state index in [4.69, 9.17) is 0 Å². The van der Waals surface area contributed by atoms with Gasteiger partial charge in [-0.2, -0.15) is 0 Å². The maximum Gasteiger partial charge on any atom is 0.302 e. The van der Waals surface area contributed by atoms with Gasteiger partial charge in [0.15, 0.2) is 0 Å². The topological polar surface area (TPSA) is 52.6 Å². The molecule has 4 nitrogen and oxygen atoms in total. The molecule has 0 aliphatic heterocycles. The molecular formula is C12H24O4. The van der Waals surface area contributed by atoms with Crippen LogP contribution in [0.4, 0.5) is 0 Å². The summed E-state index contributed by atoms with van der Waals surface area (Å²) in [5.41, 5.74) is 0. The van der Waals surface area contributed by atoms with Gasteiger partial charge in [0, 0.05) is 20.5 Å². The average molecular weight is 232 g/mol. The third-order valence-corrected chi connectivity index (χ3v) is 1.73. The lowest BCUT2D eigenvalue weighted by atomic mass is 10.2. The summed E-state index contributed by atoms with van der Waals surface area (Å²) in [6.07, 6.45) is 4.24. The van der Waals surface area contributed by atoms with Crippen LogP contribution in [0.2, 0.25) is 0 Å². The molecule has 0 aromatic carbocycles. The van der Waals surface area contributed by atoms with Crippen molar-refractivity contribution < 1.29 is 19.1 Å². The van der Waals surface area contributed by atoms with Crippen LogP contribution < -0.4 is 0 Å². The summed E-state index contributed by atoms with van der Waals surface area (Å²) in [4.78, 5) is 20.4. The molecule has 0 saturated heterocycles. The molecule has 96 valence electrons. The van der Waals surface area contributed by atoms with E-state index in [9.17, 15) is 9.59 Å². The number of hydrogen-bond donors (Lipinski definition) is 0. The molecule has 0 fully saturated rings. The number of Topliss-reactive ketones (excluding diaryl/α,β-unsaturated/α-hetero) is 1. The Morgan fingerprint density at radius 1 is 1.06 bits per heavy atom. The van der Waals surface area contributed by atoms with Crippen molar-refractivity contribution in [3.05, 3.63) is 0 Å². The summed E-state index contributed by atoms with van der Waals surface area (Å²) >= 11 is 0. The van der Waals surface area contributed by atoms with E-state index in [1.807, 2.05) is 0 Å². The molecule has 0 saturated carbocycles. The largest absolute Gasteiger partial charge is 0.463 e. The van der Waals surface area contributed by atoms with Crippen LogP contribution >= 0.6 is 0 Å². The first-order chi connectivity index (χ1) is 7.54. The van der Waals surface area contributed by atoms with Crippen LogP contribution in [0.25, 0.3) is 0 Å². The molecule has 0 bridgehead atoms. The fourth-order valence-electron chi connectivity index (χ4n) is 0.893. The number of rotatable bonds is 7. The maximum absolute atomic E-state index is 10.3. The van der Waals surface area contributed by atoms with Gasteiger partial charge in [0.25, 0.3) is 0 Å². The van der Waals surface area contributed by atoms with Crippen molar-refractivity contribution in [3.8, 4) is 0 Å². The van der Waals surface area contributed by atoms with Crippen LogP contribution in [0.5, 0.6) is 0 Å². The summed E-state index contributed by atoms with van der Waals surface area (Å²) in [7, 11) is 1.56. The molecule has 0 radical (unpaired) electrons. The Labute approximate surface area is 98.3 Å². The standard InChI is InChI=1S/C7H14O.C5H10O3/c1-3-4-5-6-7(2)8;1-5(6)8-4-3-7-2/h3-6H2,1-2H3;3-4H2,1-2H3. The molecule has 0 aliphatic carbocycles. The molecule has 0 unspecified atom stereocenters. The minimum atomic E-state index is -0.262. The molecule has 0 spiro atoms. The average Bonchev–Trinajstić information content (AvgIpc) is 2.18. The molecule has 16 heavy (non-hydrogen) atoms. The van der Waals surface area contributed by atoms with Crippen molar-refractivity contribution in [2.45, 2.75) is 46.5 Å². The van der Waals surface area contributed by atoms with Crippen LogP contribution in [0.3, 0.4) is 0 Å². The predicted molar refractivity (Wildman–Crippen MR) is 63.3 cm³/mol. The van der Waals surface area contributed by atoms with Gasteiger partial charge in [-0.1, -0.05) is 19.8 Å². The lowest BCUT2D eigenvalue weighted by Crippen LogP contribution is -2.05. The van der Waals surface area contributed by atoms with E-state index in [2.05, 4.69) is 16.4 Å². The second kappa shape index (κ2) is 14.1. The Hall–Kier alpha value is -0.900. The predicted octanol–water partition coefficient (Wildman–Crippen LogP) is 2.35. The monoisotopic (exact) mass is 232 g/mol. The zero-order valence-electron chi connectivity index (χ0n) is 10.9. The SMILES string of the molecule is CCCCCC(C)=O.COCCOC(C)=O. The van der Waals surface area contributed by atoms with Crippen molar-refractivity contribution >= 4 is 11.8 Å². The van der Waals surface area contributed by atoms with E-state index in [-0.39, 0.29) is 5.97 Å². The summed E-state index contributed by atoms with van der Waals surface area (Å²) in [5.74, 6) is 0.0560. The molecular weight excluding hydrogens is 208 g/mol. The first-order valence-electron chi connectivity index (χ1n) is 5.66. The van der Waals surface area contributed by atoms with E-state index >= 15 is 0 Å². The molecule has 0 heterocycles. The van der Waals surface area contributed by atoms with E-state index in [1.165, 1.54) is 19.8 Å². The second-order valence-corrected chi connectivity index (χ2v) is 3.49. The normalized spacial score (nSPS) is 9.00. The van der Waals surface area contributed by atoms with Crippen molar-refractivity contribution in [3.63, 3.8) is 0 Å². The number of carbonyl (C=O) groups is 2. The summed E-state index contributed by atoms with van der Waals surface area (Å²) < 4.78 is 9.13. The van der Waals surface area contributed by atoms with Gasteiger partial charge in [0.2, 0.25) is 0 Å². The Morgan fingerprint density at radius 3 is 2.06 bits per heavy atom. The highest BCUT2D eigenvalue weighted by Gasteiger charge is 1.89. The highest BCUT2D eigenvalue weighted by Crippen LogP contribution is 1.98. The van der Waals surface area contributed by atoms with Crippen LogP contribution in [0.15, 0.2) is 0 Å². The molecule has 0 aromatic rings. The number of esters is 1. The van der Waals surface area contributed by atoms with Crippen molar-refractivity contribution in [1.29, 1.82) is 0 Å². The summed E-state index contributed by atoms with van der Waals surface area (Å²) in [5, 5.41) is 0. The van der Waals surface area contributed by atoms with E-state index in [1.54, 1.807) is 14.0 Å². The van der Waals surface area contributed by atoms with Crippen LogP contribution in [-0.2, 0) is 19.1 Å². The van der Waals surface area contributed by atoms with Crippen LogP contribution in [0.1, 0.15) is 46.5 Å². The van der Waals surface area contributed by atoms with Gasteiger partial charge in [-0.05, 0) is 13.3 Å². The third-order valence-electron chi connectivity index (χ3n) is 1.73. The zero-order valence-corrected chi connectivity index (χ0v) is 10.9. The molecule has 0 amide bonds. The van der Waals surface area contributed by atoms with Gasteiger partial charge in [-0.25, -0.2) is 0 Å². The third kappa shape index (κ3) is 23.2. The van der Waals surface area contributed by atoms with Crippen molar-refractivity contribution in [2.75, 3.05) is 20.3 Å². The second-order valence-electron chi connectivity index (χ2n) is 3.49. The number of carbonyl (C=O) groups excluding carboxylic acids is 2. The van der Waals surface area contributed by atoms with E-state index in [0.29, 0.717) is 19.0 Å². The number of hydrogen-bond acceptors (Lipinski definition) is 4. The number of ether oxygens (including phenoxy) is 2. The van der Waals surface area contributed by atoms with Crippen molar-refractivity contribution in [2.24, 2.45) is 0 Å². The zero-order chi connectivity index (χ0) is 12.8. The lowest BCUT2D eigenvalue weighted by molar-refractivity contribution is -0.142. The minimum absolute atomic E-state index is 0.262. The smallest absolute Gasteiger partial charge is 0.302 e. The van der Waals surface area contributed by atoms with E-state index < -0.39 is 0 Å². The van der Waals surface area contributed by atoms with Crippen LogP contribution in [0, 0.1) is 0 Å². The van der Waals surface area contributed by atoms with Crippen molar-refractivity contribution in [1.82, 2.24) is 0 Å². The molecule has 4 heteroatoms. The highest BCUT2D eigenvalue weighted by atomic mass is 16.6. The fraction of sp³-hybridized carbons (Fsp3) is 0.833. The summed E-state index contributed by atoms with van der Waals surface area (Å²) in [6.45, 7) is 5.98. The molecule has 0 aromatic heterocycles. The van der Waals surface area contributed by atoms with Gasteiger partial charge < -0.3 is 14.3 Å². The molecule has 0 N–H and O–H groups in total. The quantitative estimate of drug-likeness (QED) is 0.499. The molecule has 0 atom stereocenters. The number of unbranched alkanes of at least 4 members (excludes halogenated alkanes) is 2. The minimum Gasteiger partial charge on any atom is -0.463 e. The maximum atomic E-state index is 10.3. The molecule has 0 aliphatic rings. The number of ketones is 1. The van der Waals surface area contributed by atoms with Gasteiger partial charge in [-0.15, -0.1) is 0 Å². The first kappa shape index (κ1) is 17.5. The van der Waals surface area contributed by atoms with Gasteiger partial charge in [0.05, 0.1) is 6.61 Å². The Morgan fingerprint density at radius 2 is 1.69 bits per heavy atom. The highest BCUT2D eigenvalue weighted by molar-refractivity contribution is 5.75. The van der Waals surface area contributed by atoms with Gasteiger partial charge >= 0.3 is 5.97 Å². The number of methoxy groups -OCH3 is 1. The first-order valence-corrected chi connectivity index (χ1v) is 5.66. The summed E-state index contributed by atoms with van der Waals surface area (Å²) in [6, 6.07) is 0. The van der Waals surface area contributed by atoms with Gasteiger partial charge in [-0.3, -0.25) is 4.79 Å². The Kier molecular flexibility index (Phi) is 15.4. The molecule has 0 rings (SSSR count).